The minimum Gasteiger partial charge on any atom is -0.491 e. The Labute approximate surface area is 152 Å². The molecule has 0 spiro atoms. The number of nitrogens with zero attached hydrogens (tertiary/aromatic N) is 3. The van der Waals surface area contributed by atoms with E-state index < -0.39 is 5.60 Å². The van der Waals surface area contributed by atoms with Gasteiger partial charge in [-0.1, -0.05) is 11.6 Å². The molecule has 3 rings (SSSR count). The van der Waals surface area contributed by atoms with Crippen molar-refractivity contribution in [2.45, 2.75) is 52.8 Å². The lowest BCUT2D eigenvalue weighted by atomic mass is 10.2. The molecule has 136 valence electrons. The first-order valence-corrected chi connectivity index (χ1v) is 8.88. The molecule has 0 saturated carbocycles. The molecule has 0 fully saturated rings. The minimum absolute atomic E-state index is 0.0790. The molecule has 7 heteroatoms. The van der Waals surface area contributed by atoms with Gasteiger partial charge in [-0.25, -0.2) is 9.78 Å². The molecule has 1 aliphatic heterocycles. The molecule has 1 amide bonds. The molecule has 0 aliphatic carbocycles. The molecule has 2 aromatic rings. The monoisotopic (exact) mass is 365 g/mol. The van der Waals surface area contributed by atoms with E-state index >= 15 is 0 Å². The van der Waals surface area contributed by atoms with Gasteiger partial charge in [0.25, 0.3) is 0 Å². The van der Waals surface area contributed by atoms with E-state index in [1.165, 1.54) is 0 Å². The highest BCUT2D eigenvalue weighted by Gasteiger charge is 2.30. The van der Waals surface area contributed by atoms with Crippen molar-refractivity contribution in [3.63, 3.8) is 0 Å². The molecule has 1 aliphatic rings. The Morgan fingerprint density at radius 1 is 1.40 bits per heavy atom. The number of halogens is 1. The molecule has 0 aromatic carbocycles. The SMILES string of the molecule is CCOc1cc2cc3n(c2nc1Cl)[C@H](C)CN(C(=O)OC(C)(C)C)C3. The van der Waals surface area contributed by atoms with E-state index in [-0.39, 0.29) is 12.1 Å². The van der Waals surface area contributed by atoms with Crippen LogP contribution in [0.2, 0.25) is 5.15 Å². The Bertz CT molecular complexity index is 810. The number of amides is 1. The van der Waals surface area contributed by atoms with Crippen LogP contribution < -0.4 is 4.74 Å². The van der Waals surface area contributed by atoms with Gasteiger partial charge in [0.1, 0.15) is 11.2 Å². The Morgan fingerprint density at radius 2 is 2.12 bits per heavy atom. The quantitative estimate of drug-likeness (QED) is 0.740. The number of carbonyl (C=O) groups excluding carboxylic acids is 1. The summed E-state index contributed by atoms with van der Waals surface area (Å²) in [5.74, 6) is 0.580. The number of rotatable bonds is 2. The number of fused-ring (bicyclic) bond motifs is 3. The van der Waals surface area contributed by atoms with Crippen molar-refractivity contribution in [1.82, 2.24) is 14.5 Å². The summed E-state index contributed by atoms with van der Waals surface area (Å²) >= 11 is 6.25. The van der Waals surface area contributed by atoms with Gasteiger partial charge in [-0.15, -0.1) is 0 Å². The van der Waals surface area contributed by atoms with Crippen LogP contribution in [0.15, 0.2) is 12.1 Å². The molecular weight excluding hydrogens is 342 g/mol. The summed E-state index contributed by atoms with van der Waals surface area (Å²) < 4.78 is 13.2. The van der Waals surface area contributed by atoms with Gasteiger partial charge < -0.3 is 18.9 Å². The Kier molecular flexibility index (Phi) is 4.58. The molecule has 0 saturated heterocycles. The first-order valence-electron chi connectivity index (χ1n) is 8.50. The van der Waals surface area contributed by atoms with E-state index in [1.54, 1.807) is 4.90 Å². The zero-order valence-corrected chi connectivity index (χ0v) is 16.1. The second kappa shape index (κ2) is 6.41. The van der Waals surface area contributed by atoms with E-state index in [2.05, 4.69) is 16.5 Å². The van der Waals surface area contributed by atoms with Crippen molar-refractivity contribution in [2.75, 3.05) is 13.2 Å². The third-order valence-electron chi connectivity index (χ3n) is 4.04. The van der Waals surface area contributed by atoms with E-state index in [0.717, 1.165) is 16.7 Å². The highest BCUT2D eigenvalue weighted by Crippen LogP contribution is 2.33. The molecule has 25 heavy (non-hydrogen) atoms. The fourth-order valence-corrected chi connectivity index (χ4v) is 3.35. The highest BCUT2D eigenvalue weighted by atomic mass is 35.5. The van der Waals surface area contributed by atoms with Gasteiger partial charge in [0.05, 0.1) is 19.2 Å². The summed E-state index contributed by atoms with van der Waals surface area (Å²) in [4.78, 5) is 18.7. The maximum atomic E-state index is 12.4. The summed E-state index contributed by atoms with van der Waals surface area (Å²) in [5.41, 5.74) is 1.32. The average Bonchev–Trinajstić information content (AvgIpc) is 2.84. The van der Waals surface area contributed by atoms with Gasteiger partial charge in [-0.3, -0.25) is 0 Å². The molecule has 0 radical (unpaired) electrons. The standard InChI is InChI=1S/C18H24ClN3O3/c1-6-24-14-8-12-7-13-10-21(17(23)25-18(3,4)5)9-11(2)22(13)16(12)20-15(14)19/h7-8,11H,6,9-10H2,1-5H3/t11-/m1/s1. The predicted octanol–water partition coefficient (Wildman–Crippen LogP) is 4.40. The maximum absolute atomic E-state index is 12.4. The third kappa shape index (κ3) is 3.54. The van der Waals surface area contributed by atoms with Gasteiger partial charge in [0.2, 0.25) is 0 Å². The van der Waals surface area contributed by atoms with Crippen LogP contribution in [-0.4, -0.2) is 39.3 Å². The summed E-state index contributed by atoms with van der Waals surface area (Å²) in [5, 5.41) is 1.32. The molecule has 3 heterocycles. The maximum Gasteiger partial charge on any atom is 0.410 e. The van der Waals surface area contributed by atoms with Crippen LogP contribution in [0.1, 0.15) is 46.4 Å². The molecule has 0 unspecified atom stereocenters. The Morgan fingerprint density at radius 3 is 2.76 bits per heavy atom. The summed E-state index contributed by atoms with van der Waals surface area (Å²) in [6, 6.07) is 4.02. The topological polar surface area (TPSA) is 56.6 Å². The van der Waals surface area contributed by atoms with Gasteiger partial charge in [0.15, 0.2) is 10.9 Å². The molecule has 0 N–H and O–H groups in total. The van der Waals surface area contributed by atoms with Gasteiger partial charge in [-0.2, -0.15) is 0 Å². The van der Waals surface area contributed by atoms with Crippen LogP contribution in [0.4, 0.5) is 4.79 Å². The Balaban J connectivity index is 1.95. The minimum atomic E-state index is -0.508. The smallest absolute Gasteiger partial charge is 0.410 e. The average molecular weight is 366 g/mol. The van der Waals surface area contributed by atoms with E-state index in [4.69, 9.17) is 21.1 Å². The lowest BCUT2D eigenvalue weighted by Gasteiger charge is -2.34. The molecule has 6 nitrogen and oxygen atoms in total. The fourth-order valence-electron chi connectivity index (χ4n) is 3.16. The third-order valence-corrected chi connectivity index (χ3v) is 4.31. The summed E-state index contributed by atoms with van der Waals surface area (Å²) in [6.45, 7) is 11.2. The van der Waals surface area contributed by atoms with Crippen molar-refractivity contribution in [3.05, 3.63) is 23.0 Å². The number of carbonyl (C=O) groups is 1. The number of ether oxygens (including phenoxy) is 2. The van der Waals surface area contributed by atoms with Gasteiger partial charge in [-0.05, 0) is 46.8 Å². The van der Waals surface area contributed by atoms with Crippen molar-refractivity contribution < 1.29 is 14.3 Å². The van der Waals surface area contributed by atoms with E-state index in [0.29, 0.717) is 30.6 Å². The van der Waals surface area contributed by atoms with E-state index in [1.807, 2.05) is 39.8 Å². The van der Waals surface area contributed by atoms with Crippen LogP contribution in [0.3, 0.4) is 0 Å². The van der Waals surface area contributed by atoms with Crippen LogP contribution in [0, 0.1) is 0 Å². The summed E-state index contributed by atoms with van der Waals surface area (Å²) in [6.07, 6.45) is -0.295. The van der Waals surface area contributed by atoms with Gasteiger partial charge >= 0.3 is 6.09 Å². The second-order valence-corrected chi connectivity index (χ2v) is 7.70. The summed E-state index contributed by atoms with van der Waals surface area (Å²) in [7, 11) is 0. The van der Waals surface area contributed by atoms with E-state index in [9.17, 15) is 4.79 Å². The number of pyridine rings is 1. The predicted molar refractivity (Wildman–Crippen MR) is 97.3 cm³/mol. The lowest BCUT2D eigenvalue weighted by Crippen LogP contribution is -2.42. The second-order valence-electron chi connectivity index (χ2n) is 7.34. The molecule has 1 atom stereocenters. The zero-order chi connectivity index (χ0) is 18.4. The van der Waals surface area contributed by atoms with Crippen LogP contribution in [0.25, 0.3) is 11.0 Å². The zero-order valence-electron chi connectivity index (χ0n) is 15.3. The Hall–Kier alpha value is -1.95. The normalized spacial score (nSPS) is 17.5. The first-order chi connectivity index (χ1) is 11.7. The van der Waals surface area contributed by atoms with Crippen molar-refractivity contribution in [1.29, 1.82) is 0 Å². The highest BCUT2D eigenvalue weighted by molar-refractivity contribution is 6.31. The lowest BCUT2D eigenvalue weighted by molar-refractivity contribution is 0.0175. The first kappa shape index (κ1) is 17.9. The molecule has 0 bridgehead atoms. The number of hydrogen-bond donors (Lipinski definition) is 0. The fraction of sp³-hybridized carbons (Fsp3) is 0.556. The number of aromatic nitrogens is 2. The molecule has 2 aromatic heterocycles. The van der Waals surface area contributed by atoms with Crippen LogP contribution in [0.5, 0.6) is 5.75 Å². The van der Waals surface area contributed by atoms with Gasteiger partial charge in [0, 0.05) is 17.6 Å². The molecular formula is C18H24ClN3O3. The van der Waals surface area contributed by atoms with Crippen LogP contribution >= 0.6 is 11.6 Å². The number of hydrogen-bond acceptors (Lipinski definition) is 4. The van der Waals surface area contributed by atoms with Crippen molar-refractivity contribution >= 4 is 28.7 Å². The van der Waals surface area contributed by atoms with Crippen molar-refractivity contribution in [2.24, 2.45) is 0 Å². The largest absolute Gasteiger partial charge is 0.491 e. The van der Waals surface area contributed by atoms with Crippen molar-refractivity contribution in [3.8, 4) is 5.75 Å². The van der Waals surface area contributed by atoms with Crippen LogP contribution in [-0.2, 0) is 11.3 Å².